The second-order valence-corrected chi connectivity index (χ2v) is 4.34. The van der Waals surface area contributed by atoms with E-state index in [4.69, 9.17) is 5.84 Å². The van der Waals surface area contributed by atoms with E-state index in [1.54, 1.807) is 0 Å². The molecule has 1 heterocycles. The standard InChI is InChI=1S/C12H23N5/c1-5-10(6-2)8(3)14-11-7-12(17-13)16-9(4)15-11/h7-8,10H,5-6,13H2,1-4H3,(H2,14,15,16,17). The molecule has 1 unspecified atom stereocenters. The van der Waals surface area contributed by atoms with Crippen LogP contribution in [0.5, 0.6) is 0 Å². The van der Waals surface area contributed by atoms with Crippen LogP contribution in [-0.2, 0) is 0 Å². The van der Waals surface area contributed by atoms with Crippen molar-refractivity contribution in [3.63, 3.8) is 0 Å². The molecule has 1 aromatic heterocycles. The van der Waals surface area contributed by atoms with Crippen molar-refractivity contribution in [2.45, 2.75) is 46.6 Å². The molecular weight excluding hydrogens is 214 g/mol. The van der Waals surface area contributed by atoms with Crippen LogP contribution in [0, 0.1) is 12.8 Å². The summed E-state index contributed by atoms with van der Waals surface area (Å²) >= 11 is 0. The summed E-state index contributed by atoms with van der Waals surface area (Å²) in [6, 6.07) is 2.22. The Morgan fingerprint density at radius 3 is 2.35 bits per heavy atom. The van der Waals surface area contributed by atoms with Gasteiger partial charge in [0.05, 0.1) is 0 Å². The second-order valence-electron chi connectivity index (χ2n) is 4.34. The number of aryl methyl sites for hydroxylation is 1. The predicted octanol–water partition coefficient (Wildman–Crippen LogP) is 2.31. The molecular formula is C12H23N5. The first kappa shape index (κ1) is 13.7. The summed E-state index contributed by atoms with van der Waals surface area (Å²) < 4.78 is 0. The third kappa shape index (κ3) is 3.85. The van der Waals surface area contributed by atoms with E-state index in [-0.39, 0.29) is 0 Å². The van der Waals surface area contributed by atoms with E-state index < -0.39 is 0 Å². The number of aromatic nitrogens is 2. The first-order chi connectivity index (χ1) is 8.10. The van der Waals surface area contributed by atoms with Gasteiger partial charge in [0.15, 0.2) is 0 Å². The van der Waals surface area contributed by atoms with Crippen LogP contribution in [0.15, 0.2) is 6.07 Å². The van der Waals surface area contributed by atoms with Gasteiger partial charge in [-0.15, -0.1) is 0 Å². The molecule has 1 atom stereocenters. The van der Waals surface area contributed by atoms with Crippen LogP contribution in [-0.4, -0.2) is 16.0 Å². The lowest BCUT2D eigenvalue weighted by Gasteiger charge is -2.23. The summed E-state index contributed by atoms with van der Waals surface area (Å²) in [5.74, 6) is 8.18. The van der Waals surface area contributed by atoms with Gasteiger partial charge in [-0.25, -0.2) is 15.8 Å². The average molecular weight is 237 g/mol. The SMILES string of the molecule is CCC(CC)C(C)Nc1cc(NN)nc(C)n1. The Balaban J connectivity index is 2.76. The number of hydrazine groups is 1. The molecule has 0 saturated heterocycles. The molecule has 0 aliphatic carbocycles. The van der Waals surface area contributed by atoms with Crippen LogP contribution in [0.1, 0.15) is 39.4 Å². The summed E-state index contributed by atoms with van der Waals surface area (Å²) in [4.78, 5) is 8.51. The highest BCUT2D eigenvalue weighted by Crippen LogP contribution is 2.18. The molecule has 0 aromatic carbocycles. The number of anilines is 2. The van der Waals surface area contributed by atoms with Crippen molar-refractivity contribution < 1.29 is 0 Å². The number of nitrogens with two attached hydrogens (primary N) is 1. The maximum atomic E-state index is 5.36. The van der Waals surface area contributed by atoms with Gasteiger partial charge < -0.3 is 10.7 Å². The zero-order chi connectivity index (χ0) is 12.8. The Bertz CT molecular complexity index is 349. The largest absolute Gasteiger partial charge is 0.367 e. The Kier molecular flexibility index (Phi) is 5.15. The minimum atomic E-state index is 0.393. The number of hydrogen-bond donors (Lipinski definition) is 3. The highest BCUT2D eigenvalue weighted by molar-refractivity contribution is 5.47. The highest BCUT2D eigenvalue weighted by atomic mass is 15.3. The molecule has 1 aromatic rings. The molecule has 0 fully saturated rings. The third-order valence-corrected chi connectivity index (χ3v) is 3.12. The third-order valence-electron chi connectivity index (χ3n) is 3.12. The van der Waals surface area contributed by atoms with Crippen LogP contribution in [0.25, 0.3) is 0 Å². The van der Waals surface area contributed by atoms with Gasteiger partial charge in [-0.05, 0) is 19.8 Å². The Morgan fingerprint density at radius 2 is 1.82 bits per heavy atom. The van der Waals surface area contributed by atoms with Gasteiger partial charge >= 0.3 is 0 Å². The molecule has 0 spiro atoms. The van der Waals surface area contributed by atoms with Crippen molar-refractivity contribution in [1.29, 1.82) is 0 Å². The van der Waals surface area contributed by atoms with Crippen molar-refractivity contribution in [2.75, 3.05) is 10.7 Å². The van der Waals surface area contributed by atoms with Crippen molar-refractivity contribution in [1.82, 2.24) is 9.97 Å². The van der Waals surface area contributed by atoms with Gasteiger partial charge in [-0.1, -0.05) is 26.7 Å². The first-order valence-electron chi connectivity index (χ1n) is 6.19. The van der Waals surface area contributed by atoms with Crippen molar-refractivity contribution in [3.05, 3.63) is 11.9 Å². The van der Waals surface area contributed by atoms with E-state index in [2.05, 4.69) is 41.5 Å². The van der Waals surface area contributed by atoms with Crippen LogP contribution in [0.3, 0.4) is 0 Å². The first-order valence-corrected chi connectivity index (χ1v) is 6.19. The maximum absolute atomic E-state index is 5.36. The molecule has 17 heavy (non-hydrogen) atoms. The molecule has 0 radical (unpaired) electrons. The normalized spacial score (nSPS) is 12.6. The molecule has 1 rings (SSSR count). The van der Waals surface area contributed by atoms with Crippen molar-refractivity contribution >= 4 is 11.6 Å². The van der Waals surface area contributed by atoms with Gasteiger partial charge in [0.25, 0.3) is 0 Å². The lowest BCUT2D eigenvalue weighted by atomic mass is 9.95. The number of nitrogens with one attached hydrogen (secondary N) is 2. The average Bonchev–Trinajstić information content (AvgIpc) is 2.29. The minimum Gasteiger partial charge on any atom is -0.367 e. The zero-order valence-electron chi connectivity index (χ0n) is 11.1. The fraction of sp³-hybridized carbons (Fsp3) is 0.667. The summed E-state index contributed by atoms with van der Waals surface area (Å²) in [5, 5.41) is 3.41. The minimum absolute atomic E-state index is 0.393. The summed E-state index contributed by atoms with van der Waals surface area (Å²) in [6.45, 7) is 8.47. The Labute approximate surface area is 103 Å². The lowest BCUT2D eigenvalue weighted by Crippen LogP contribution is -2.26. The molecule has 0 saturated carbocycles. The molecule has 0 amide bonds. The second kappa shape index (κ2) is 6.39. The zero-order valence-corrected chi connectivity index (χ0v) is 11.1. The quantitative estimate of drug-likeness (QED) is 0.523. The van der Waals surface area contributed by atoms with Gasteiger partial charge in [0.2, 0.25) is 0 Å². The van der Waals surface area contributed by atoms with Gasteiger partial charge in [0.1, 0.15) is 17.5 Å². The fourth-order valence-electron chi connectivity index (χ4n) is 2.06. The monoisotopic (exact) mass is 237 g/mol. The van der Waals surface area contributed by atoms with E-state index in [0.29, 0.717) is 23.6 Å². The Hall–Kier alpha value is -1.36. The van der Waals surface area contributed by atoms with E-state index in [0.717, 1.165) is 18.7 Å². The molecule has 4 N–H and O–H groups in total. The number of hydrogen-bond acceptors (Lipinski definition) is 5. The molecule has 0 aliphatic heterocycles. The summed E-state index contributed by atoms with van der Waals surface area (Å²) in [5.41, 5.74) is 2.55. The molecule has 5 heteroatoms. The van der Waals surface area contributed by atoms with E-state index in [9.17, 15) is 0 Å². The molecule has 0 bridgehead atoms. The maximum Gasteiger partial charge on any atom is 0.145 e. The van der Waals surface area contributed by atoms with Crippen molar-refractivity contribution in [2.24, 2.45) is 11.8 Å². The van der Waals surface area contributed by atoms with E-state index in [1.807, 2.05) is 13.0 Å². The molecule has 96 valence electrons. The van der Waals surface area contributed by atoms with E-state index >= 15 is 0 Å². The number of rotatable bonds is 6. The van der Waals surface area contributed by atoms with Crippen molar-refractivity contribution in [3.8, 4) is 0 Å². The van der Waals surface area contributed by atoms with Crippen LogP contribution >= 0.6 is 0 Å². The van der Waals surface area contributed by atoms with E-state index in [1.165, 1.54) is 0 Å². The fourth-order valence-corrected chi connectivity index (χ4v) is 2.06. The van der Waals surface area contributed by atoms with Crippen LogP contribution < -0.4 is 16.6 Å². The topological polar surface area (TPSA) is 75.9 Å². The number of nitrogens with zero attached hydrogens (tertiary/aromatic N) is 2. The number of nitrogen functional groups attached to an aromatic ring is 1. The Morgan fingerprint density at radius 1 is 1.24 bits per heavy atom. The van der Waals surface area contributed by atoms with Crippen LogP contribution in [0.4, 0.5) is 11.6 Å². The lowest BCUT2D eigenvalue weighted by molar-refractivity contribution is 0.437. The highest BCUT2D eigenvalue weighted by Gasteiger charge is 2.14. The van der Waals surface area contributed by atoms with Gasteiger partial charge in [-0.3, -0.25) is 0 Å². The molecule has 5 nitrogen and oxygen atoms in total. The predicted molar refractivity (Wildman–Crippen MR) is 71.7 cm³/mol. The molecule has 0 aliphatic rings. The summed E-state index contributed by atoms with van der Waals surface area (Å²) in [7, 11) is 0. The van der Waals surface area contributed by atoms with Crippen LogP contribution in [0.2, 0.25) is 0 Å². The smallest absolute Gasteiger partial charge is 0.145 e. The van der Waals surface area contributed by atoms with Gasteiger partial charge in [0, 0.05) is 12.1 Å². The van der Waals surface area contributed by atoms with Gasteiger partial charge in [-0.2, -0.15) is 0 Å². The summed E-state index contributed by atoms with van der Waals surface area (Å²) in [6.07, 6.45) is 2.33.